The Bertz CT molecular complexity index is 463. The minimum absolute atomic E-state index is 0.0846. The Kier molecular flexibility index (Phi) is 5.15. The number of aromatic hydroxyl groups is 1. The number of rotatable bonds is 4. The third kappa shape index (κ3) is 3.73. The molecule has 0 atom stereocenters. The second kappa shape index (κ2) is 6.39. The highest BCUT2D eigenvalue weighted by atomic mass is 79.9. The van der Waals surface area contributed by atoms with Gasteiger partial charge >= 0.3 is 0 Å². The normalized spacial score (nSPS) is 9.94. The number of hydrogen-bond donors (Lipinski definition) is 2. The van der Waals surface area contributed by atoms with E-state index in [4.69, 9.17) is 0 Å². The summed E-state index contributed by atoms with van der Waals surface area (Å²) in [5.74, 6) is -0.779. The zero-order valence-electron chi connectivity index (χ0n) is 10.2. The first-order chi connectivity index (χ1) is 8.45. The van der Waals surface area contributed by atoms with Crippen molar-refractivity contribution in [1.82, 2.24) is 10.2 Å². The van der Waals surface area contributed by atoms with Crippen molar-refractivity contribution in [2.24, 2.45) is 0 Å². The molecule has 98 valence electrons. The van der Waals surface area contributed by atoms with Crippen LogP contribution in [0.2, 0.25) is 0 Å². The van der Waals surface area contributed by atoms with Crippen molar-refractivity contribution < 1.29 is 14.7 Å². The number of phenolic OH excluding ortho intramolecular Hbond substituents is 1. The van der Waals surface area contributed by atoms with Crippen molar-refractivity contribution in [2.45, 2.75) is 6.92 Å². The van der Waals surface area contributed by atoms with Crippen LogP contribution in [0.15, 0.2) is 22.7 Å². The Balaban J connectivity index is 2.63. The zero-order chi connectivity index (χ0) is 13.7. The van der Waals surface area contributed by atoms with Crippen LogP contribution in [0, 0.1) is 0 Å². The third-order valence-corrected chi connectivity index (χ3v) is 3.00. The van der Waals surface area contributed by atoms with Gasteiger partial charge in [0, 0.05) is 18.1 Å². The number of hydrogen-bond acceptors (Lipinski definition) is 3. The standard InChI is InChI=1S/C12H15BrN2O3/c1-3-15(2)11(17)7-14-12(18)9-5-4-8(13)6-10(9)16/h4-6,16H,3,7H2,1-2H3,(H,14,18). The van der Waals surface area contributed by atoms with Gasteiger partial charge in [-0.15, -0.1) is 0 Å². The molecule has 1 aromatic carbocycles. The molecule has 0 radical (unpaired) electrons. The second-order valence-electron chi connectivity index (χ2n) is 3.75. The Morgan fingerprint density at radius 3 is 2.67 bits per heavy atom. The summed E-state index contributed by atoms with van der Waals surface area (Å²) in [5.41, 5.74) is 0.144. The average Bonchev–Trinajstić information content (AvgIpc) is 2.34. The Hall–Kier alpha value is -1.56. The van der Waals surface area contributed by atoms with Crippen molar-refractivity contribution in [3.05, 3.63) is 28.2 Å². The first-order valence-corrected chi connectivity index (χ1v) is 6.25. The van der Waals surface area contributed by atoms with E-state index in [0.717, 1.165) is 0 Å². The van der Waals surface area contributed by atoms with Gasteiger partial charge in [0.1, 0.15) is 5.75 Å². The topological polar surface area (TPSA) is 69.6 Å². The van der Waals surface area contributed by atoms with E-state index in [1.807, 2.05) is 6.92 Å². The molecular weight excluding hydrogens is 300 g/mol. The van der Waals surface area contributed by atoms with Gasteiger partial charge in [-0.05, 0) is 25.1 Å². The van der Waals surface area contributed by atoms with Crippen molar-refractivity contribution in [3.8, 4) is 5.75 Å². The van der Waals surface area contributed by atoms with Crippen LogP contribution in [-0.2, 0) is 4.79 Å². The van der Waals surface area contributed by atoms with Gasteiger partial charge in [0.15, 0.2) is 0 Å². The van der Waals surface area contributed by atoms with E-state index >= 15 is 0 Å². The molecule has 0 aliphatic rings. The molecule has 0 aromatic heterocycles. The summed E-state index contributed by atoms with van der Waals surface area (Å²) in [7, 11) is 1.66. The SMILES string of the molecule is CCN(C)C(=O)CNC(=O)c1ccc(Br)cc1O. The van der Waals surface area contributed by atoms with Gasteiger partial charge in [0.05, 0.1) is 12.1 Å². The van der Waals surface area contributed by atoms with Crippen molar-refractivity contribution in [2.75, 3.05) is 20.1 Å². The van der Waals surface area contributed by atoms with Gasteiger partial charge in [-0.25, -0.2) is 0 Å². The average molecular weight is 315 g/mol. The monoisotopic (exact) mass is 314 g/mol. The molecule has 5 nitrogen and oxygen atoms in total. The van der Waals surface area contributed by atoms with E-state index < -0.39 is 5.91 Å². The van der Waals surface area contributed by atoms with Crippen LogP contribution < -0.4 is 5.32 Å². The quantitative estimate of drug-likeness (QED) is 0.881. The molecule has 0 aliphatic heterocycles. The van der Waals surface area contributed by atoms with Crippen LogP contribution in [0.25, 0.3) is 0 Å². The molecule has 2 N–H and O–H groups in total. The molecule has 0 heterocycles. The van der Waals surface area contributed by atoms with E-state index in [1.54, 1.807) is 13.1 Å². The molecule has 6 heteroatoms. The van der Waals surface area contributed by atoms with Crippen LogP contribution in [0.3, 0.4) is 0 Å². The van der Waals surface area contributed by atoms with Gasteiger partial charge in [0.2, 0.25) is 5.91 Å². The van der Waals surface area contributed by atoms with Gasteiger partial charge in [-0.2, -0.15) is 0 Å². The molecule has 0 saturated heterocycles. The highest BCUT2D eigenvalue weighted by Crippen LogP contribution is 2.21. The summed E-state index contributed by atoms with van der Waals surface area (Å²) < 4.78 is 0.679. The van der Waals surface area contributed by atoms with Crippen molar-refractivity contribution >= 4 is 27.7 Å². The zero-order valence-corrected chi connectivity index (χ0v) is 11.8. The van der Waals surface area contributed by atoms with Crippen LogP contribution in [0.1, 0.15) is 17.3 Å². The molecule has 1 aromatic rings. The number of carbonyl (C=O) groups is 2. The van der Waals surface area contributed by atoms with Gasteiger partial charge in [-0.1, -0.05) is 15.9 Å². The maximum Gasteiger partial charge on any atom is 0.255 e. The van der Waals surface area contributed by atoms with Crippen LogP contribution in [-0.4, -0.2) is 42.0 Å². The Morgan fingerprint density at radius 1 is 1.44 bits per heavy atom. The number of benzene rings is 1. The molecule has 0 fully saturated rings. The fourth-order valence-electron chi connectivity index (χ4n) is 1.26. The van der Waals surface area contributed by atoms with E-state index in [9.17, 15) is 14.7 Å². The minimum atomic E-state index is -0.474. The molecule has 18 heavy (non-hydrogen) atoms. The van der Waals surface area contributed by atoms with Crippen molar-refractivity contribution in [3.63, 3.8) is 0 Å². The molecule has 2 amide bonds. The predicted octanol–water partition coefficient (Wildman–Crippen LogP) is 1.36. The molecule has 0 saturated carbocycles. The number of likely N-dealkylation sites (N-methyl/N-ethyl adjacent to an activating group) is 1. The van der Waals surface area contributed by atoms with Crippen molar-refractivity contribution in [1.29, 1.82) is 0 Å². The van der Waals surface area contributed by atoms with E-state index in [1.165, 1.54) is 17.0 Å². The third-order valence-electron chi connectivity index (χ3n) is 2.50. The second-order valence-corrected chi connectivity index (χ2v) is 4.67. The molecule has 0 spiro atoms. The number of nitrogens with zero attached hydrogens (tertiary/aromatic N) is 1. The first kappa shape index (κ1) is 14.5. The predicted molar refractivity (Wildman–Crippen MR) is 71.5 cm³/mol. The molecule has 0 unspecified atom stereocenters. The molecule has 1 rings (SSSR count). The Morgan fingerprint density at radius 2 is 2.11 bits per heavy atom. The smallest absolute Gasteiger partial charge is 0.255 e. The number of halogens is 1. The van der Waals surface area contributed by atoms with Gasteiger partial charge < -0.3 is 15.3 Å². The summed E-state index contributed by atoms with van der Waals surface area (Å²) in [4.78, 5) is 24.7. The van der Waals surface area contributed by atoms with E-state index in [2.05, 4.69) is 21.2 Å². The molecular formula is C12H15BrN2O3. The fourth-order valence-corrected chi connectivity index (χ4v) is 1.61. The number of nitrogens with one attached hydrogen (secondary N) is 1. The lowest BCUT2D eigenvalue weighted by Gasteiger charge is -2.14. The largest absolute Gasteiger partial charge is 0.507 e. The Labute approximate surface area is 114 Å². The van der Waals surface area contributed by atoms with Crippen LogP contribution in [0.5, 0.6) is 5.75 Å². The highest BCUT2D eigenvalue weighted by Gasteiger charge is 2.13. The fraction of sp³-hybridized carbons (Fsp3) is 0.333. The number of carbonyl (C=O) groups excluding carboxylic acids is 2. The molecule has 0 bridgehead atoms. The van der Waals surface area contributed by atoms with E-state index in [-0.39, 0.29) is 23.8 Å². The summed E-state index contributed by atoms with van der Waals surface area (Å²) >= 11 is 3.18. The molecule has 0 aliphatic carbocycles. The maximum atomic E-state index is 11.7. The van der Waals surface area contributed by atoms with Gasteiger partial charge in [0.25, 0.3) is 5.91 Å². The van der Waals surface area contributed by atoms with Crippen LogP contribution >= 0.6 is 15.9 Å². The lowest BCUT2D eigenvalue weighted by molar-refractivity contribution is -0.128. The van der Waals surface area contributed by atoms with Gasteiger partial charge in [-0.3, -0.25) is 9.59 Å². The minimum Gasteiger partial charge on any atom is -0.507 e. The number of amides is 2. The summed E-state index contributed by atoms with van der Waals surface area (Å²) in [6.07, 6.45) is 0. The lowest BCUT2D eigenvalue weighted by Crippen LogP contribution is -2.38. The lowest BCUT2D eigenvalue weighted by atomic mass is 10.2. The summed E-state index contributed by atoms with van der Waals surface area (Å²) in [5, 5.41) is 12.1. The highest BCUT2D eigenvalue weighted by molar-refractivity contribution is 9.10. The van der Waals surface area contributed by atoms with E-state index in [0.29, 0.717) is 11.0 Å². The summed E-state index contributed by atoms with van der Waals surface area (Å²) in [6.45, 7) is 2.34. The van der Waals surface area contributed by atoms with Crippen LogP contribution in [0.4, 0.5) is 0 Å². The number of phenols is 1. The summed E-state index contributed by atoms with van der Waals surface area (Å²) in [6, 6.07) is 4.56. The maximum absolute atomic E-state index is 11.7. The first-order valence-electron chi connectivity index (χ1n) is 5.46.